The summed E-state index contributed by atoms with van der Waals surface area (Å²) in [4.78, 5) is 0. The molecule has 0 aliphatic rings. The minimum Gasteiger partial charge on any atom is -1.00 e. The maximum Gasteiger partial charge on any atom is 0.323 e. The first-order valence-electron chi connectivity index (χ1n) is 7.03. The predicted molar refractivity (Wildman–Crippen MR) is 83.8 cm³/mol. The number of benzene rings is 1. The smallest absolute Gasteiger partial charge is 0.323 e. The average molecular weight is 365 g/mol. The van der Waals surface area contributed by atoms with Crippen molar-refractivity contribution >= 4 is 12.8 Å². The number of phenolic OH excluding ortho intramolecular Hbond substituents is 1. The fraction of sp³-hybridized carbons (Fsp3) is 0.500. The monoisotopic (exact) mass is 364 g/mol. The molecule has 0 amide bonds. The summed E-state index contributed by atoms with van der Waals surface area (Å²) in [6.45, 7) is 1.12. The van der Waals surface area contributed by atoms with Crippen LogP contribution in [-0.2, 0) is 22.3 Å². The van der Waals surface area contributed by atoms with E-state index in [1.807, 2.05) is 49.5 Å². The summed E-state index contributed by atoms with van der Waals surface area (Å²) in [6, 6.07) is 5.58. The van der Waals surface area contributed by atoms with Gasteiger partial charge in [-0.3, -0.25) is 0 Å². The van der Waals surface area contributed by atoms with E-state index in [0.29, 0.717) is 25.4 Å². The van der Waals surface area contributed by atoms with E-state index in [9.17, 15) is 5.11 Å². The molecule has 0 fully saturated rings. The Kier molecular flexibility index (Phi) is 13.5. The molecular weight excluding hydrogens is 339 g/mol. The van der Waals surface area contributed by atoms with E-state index < -0.39 is 0 Å². The fourth-order valence-electron chi connectivity index (χ4n) is 1.88. The standard InChI is InChI=1S/C16H25N2O3.2ClH/c1-17(2)12-20-10-8-14-6-5-7-16(19)15(14)9-11-21-13-18(3)4;;/h5-7,12-13H,8-11H2,1-4H3;2*1H/q+1;;/p-1. The van der Waals surface area contributed by atoms with Gasteiger partial charge in [-0.05, 0) is 11.6 Å². The summed E-state index contributed by atoms with van der Waals surface area (Å²) in [5.41, 5.74) is 2.02. The van der Waals surface area contributed by atoms with E-state index in [2.05, 4.69) is 0 Å². The average Bonchev–Trinajstić information content (AvgIpc) is 2.41. The van der Waals surface area contributed by atoms with Crippen molar-refractivity contribution in [3.8, 4) is 5.75 Å². The van der Waals surface area contributed by atoms with Crippen LogP contribution in [-0.4, -0.2) is 68.5 Å². The SMILES string of the molecule is C[N+](C)=COCCc1cccc(O)c1CCOC=[N+](C)C.[Cl-].[Cl-]. The Morgan fingerprint density at radius 2 is 1.43 bits per heavy atom. The molecule has 1 aromatic carbocycles. The number of rotatable bonds is 8. The molecule has 1 rings (SSSR count). The molecule has 132 valence electrons. The molecule has 0 saturated heterocycles. The van der Waals surface area contributed by atoms with Crippen LogP contribution in [0.25, 0.3) is 0 Å². The van der Waals surface area contributed by atoms with E-state index in [1.165, 1.54) is 0 Å². The number of ether oxygens (including phenoxy) is 2. The van der Waals surface area contributed by atoms with Crippen LogP contribution in [0.15, 0.2) is 18.2 Å². The van der Waals surface area contributed by atoms with Crippen LogP contribution < -0.4 is 24.8 Å². The summed E-state index contributed by atoms with van der Waals surface area (Å²) in [5, 5.41) is 10.0. The Morgan fingerprint density at radius 3 is 1.96 bits per heavy atom. The molecule has 0 radical (unpaired) electrons. The highest BCUT2D eigenvalue weighted by Crippen LogP contribution is 2.22. The number of hydrogen-bond donors (Lipinski definition) is 1. The number of aromatic hydroxyl groups is 1. The Morgan fingerprint density at radius 1 is 0.913 bits per heavy atom. The van der Waals surface area contributed by atoms with Crippen molar-refractivity contribution in [2.45, 2.75) is 12.8 Å². The second-order valence-electron chi connectivity index (χ2n) is 5.29. The Hall–Kier alpha value is -1.46. The minimum atomic E-state index is 0. The lowest BCUT2D eigenvalue weighted by atomic mass is 10.0. The van der Waals surface area contributed by atoms with Crippen molar-refractivity contribution in [3.63, 3.8) is 0 Å². The molecule has 0 unspecified atom stereocenters. The van der Waals surface area contributed by atoms with Gasteiger partial charge in [0.15, 0.2) is 0 Å². The van der Waals surface area contributed by atoms with Gasteiger partial charge in [0.2, 0.25) is 0 Å². The maximum atomic E-state index is 10.0. The minimum absolute atomic E-state index is 0. The Labute approximate surface area is 151 Å². The zero-order valence-corrected chi connectivity index (χ0v) is 15.6. The normalized spacial score (nSPS) is 9.04. The van der Waals surface area contributed by atoms with Gasteiger partial charge in [0, 0.05) is 18.4 Å². The molecule has 0 atom stereocenters. The molecule has 7 heteroatoms. The van der Waals surface area contributed by atoms with Crippen LogP contribution in [0.2, 0.25) is 0 Å². The van der Waals surface area contributed by atoms with E-state index in [1.54, 1.807) is 18.9 Å². The molecule has 0 bridgehead atoms. The largest absolute Gasteiger partial charge is 1.00 e. The van der Waals surface area contributed by atoms with Gasteiger partial charge in [-0.25, -0.2) is 9.15 Å². The van der Waals surface area contributed by atoms with Crippen LogP contribution in [0, 0.1) is 0 Å². The van der Waals surface area contributed by atoms with Gasteiger partial charge in [-0.2, -0.15) is 0 Å². The molecular formula is C16H26Cl2N2O3. The molecule has 0 aliphatic carbocycles. The quantitative estimate of drug-likeness (QED) is 0.218. The van der Waals surface area contributed by atoms with Gasteiger partial charge < -0.3 is 39.4 Å². The number of halogens is 2. The van der Waals surface area contributed by atoms with E-state index >= 15 is 0 Å². The van der Waals surface area contributed by atoms with Crippen molar-refractivity contribution in [3.05, 3.63) is 29.3 Å². The van der Waals surface area contributed by atoms with E-state index in [0.717, 1.165) is 17.5 Å². The van der Waals surface area contributed by atoms with E-state index in [4.69, 9.17) is 9.47 Å². The van der Waals surface area contributed by atoms with E-state index in [-0.39, 0.29) is 24.8 Å². The van der Waals surface area contributed by atoms with Gasteiger partial charge in [0.05, 0.1) is 13.2 Å². The van der Waals surface area contributed by atoms with Crippen LogP contribution in [0.1, 0.15) is 11.1 Å². The van der Waals surface area contributed by atoms with Crippen molar-refractivity contribution in [1.29, 1.82) is 0 Å². The van der Waals surface area contributed by atoms with Crippen LogP contribution >= 0.6 is 0 Å². The van der Waals surface area contributed by atoms with Gasteiger partial charge in [0.1, 0.15) is 33.9 Å². The molecule has 0 saturated carbocycles. The predicted octanol–water partition coefficient (Wildman–Crippen LogP) is -4.88. The molecule has 1 aromatic rings. The first-order chi connectivity index (χ1) is 10.0. The highest BCUT2D eigenvalue weighted by molar-refractivity contribution is 5.42. The third-order valence-electron chi connectivity index (χ3n) is 2.78. The summed E-state index contributed by atoms with van der Waals surface area (Å²) < 4.78 is 14.5. The molecule has 0 aromatic heterocycles. The summed E-state index contributed by atoms with van der Waals surface area (Å²) in [6.07, 6.45) is 4.77. The Bertz CT molecular complexity index is 512. The topological polar surface area (TPSA) is 44.7 Å². The molecule has 0 aliphatic heterocycles. The summed E-state index contributed by atoms with van der Waals surface area (Å²) in [5.74, 6) is 0.317. The molecule has 0 spiro atoms. The number of nitrogens with zero attached hydrogens (tertiary/aromatic N) is 2. The second kappa shape index (κ2) is 13.0. The highest BCUT2D eigenvalue weighted by Gasteiger charge is 2.08. The summed E-state index contributed by atoms with van der Waals surface area (Å²) >= 11 is 0. The second-order valence-corrected chi connectivity index (χ2v) is 5.29. The molecule has 1 N–H and O–H groups in total. The number of hydrogen-bond acceptors (Lipinski definition) is 3. The summed E-state index contributed by atoms with van der Waals surface area (Å²) in [7, 11) is 7.64. The third-order valence-corrected chi connectivity index (χ3v) is 2.78. The highest BCUT2D eigenvalue weighted by atomic mass is 35.5. The molecule has 5 nitrogen and oxygen atoms in total. The first-order valence-corrected chi connectivity index (χ1v) is 7.03. The van der Waals surface area contributed by atoms with Crippen molar-refractivity contribution in [2.24, 2.45) is 0 Å². The zero-order valence-electron chi connectivity index (χ0n) is 14.1. The van der Waals surface area contributed by atoms with Gasteiger partial charge >= 0.3 is 12.8 Å². The Balaban J connectivity index is 0. The lowest BCUT2D eigenvalue weighted by Gasteiger charge is -2.10. The first kappa shape index (κ1) is 23.8. The lowest BCUT2D eigenvalue weighted by molar-refractivity contribution is -0.468. The van der Waals surface area contributed by atoms with Crippen molar-refractivity contribution < 1.29 is 48.5 Å². The molecule has 23 heavy (non-hydrogen) atoms. The number of phenols is 1. The fourth-order valence-corrected chi connectivity index (χ4v) is 1.88. The van der Waals surface area contributed by atoms with Crippen molar-refractivity contribution in [2.75, 3.05) is 41.4 Å². The van der Waals surface area contributed by atoms with Crippen LogP contribution in [0.5, 0.6) is 5.75 Å². The third kappa shape index (κ3) is 10.0. The van der Waals surface area contributed by atoms with Gasteiger partial charge in [0.25, 0.3) is 0 Å². The zero-order chi connectivity index (χ0) is 15.7. The van der Waals surface area contributed by atoms with Gasteiger partial charge in [-0.15, -0.1) is 0 Å². The maximum absolute atomic E-state index is 10.0. The molecule has 0 heterocycles. The van der Waals surface area contributed by atoms with Gasteiger partial charge in [-0.1, -0.05) is 12.1 Å². The van der Waals surface area contributed by atoms with Crippen LogP contribution in [0.3, 0.4) is 0 Å². The van der Waals surface area contributed by atoms with Crippen molar-refractivity contribution in [1.82, 2.24) is 0 Å². The lowest BCUT2D eigenvalue weighted by Crippen LogP contribution is -3.00. The van der Waals surface area contributed by atoms with Crippen LogP contribution in [0.4, 0.5) is 0 Å².